The van der Waals surface area contributed by atoms with Gasteiger partial charge in [-0.3, -0.25) is 0 Å². The standard InChI is InChI=1S/C19H30N2/c1-2-4-16(5-3-1)14-20-8-10-21(11-9-20)15-19-13-17-6-7-18(19)12-17/h1-2,6-7,16-19H,3-5,8-15H2/t16-,17-,18-,19-/m0/s1. The molecule has 21 heavy (non-hydrogen) atoms. The van der Waals surface area contributed by atoms with Gasteiger partial charge in [0.25, 0.3) is 0 Å². The molecule has 2 fully saturated rings. The third kappa shape index (κ3) is 3.27. The molecule has 4 atom stereocenters. The van der Waals surface area contributed by atoms with Gasteiger partial charge in [0.05, 0.1) is 0 Å². The van der Waals surface area contributed by atoms with Crippen LogP contribution in [0.15, 0.2) is 24.3 Å². The Morgan fingerprint density at radius 2 is 1.67 bits per heavy atom. The van der Waals surface area contributed by atoms with Crippen molar-refractivity contribution in [2.75, 3.05) is 39.3 Å². The summed E-state index contributed by atoms with van der Waals surface area (Å²) in [5.74, 6) is 3.75. The number of hydrogen-bond acceptors (Lipinski definition) is 2. The van der Waals surface area contributed by atoms with Crippen LogP contribution in [0.3, 0.4) is 0 Å². The van der Waals surface area contributed by atoms with E-state index in [1.165, 1.54) is 71.4 Å². The van der Waals surface area contributed by atoms with E-state index in [9.17, 15) is 0 Å². The molecule has 4 rings (SSSR count). The molecule has 0 aromatic heterocycles. The molecule has 0 aromatic rings. The van der Waals surface area contributed by atoms with Crippen LogP contribution in [0.2, 0.25) is 0 Å². The van der Waals surface area contributed by atoms with Gasteiger partial charge in [-0.1, -0.05) is 24.3 Å². The molecule has 0 N–H and O–H groups in total. The molecule has 0 amide bonds. The van der Waals surface area contributed by atoms with Crippen molar-refractivity contribution >= 4 is 0 Å². The second-order valence-electron chi connectivity index (χ2n) is 7.79. The lowest BCUT2D eigenvalue weighted by molar-refractivity contribution is 0.0997. The van der Waals surface area contributed by atoms with Crippen LogP contribution in [-0.4, -0.2) is 49.1 Å². The first-order valence-corrected chi connectivity index (χ1v) is 9.15. The highest BCUT2D eigenvalue weighted by atomic mass is 15.3. The van der Waals surface area contributed by atoms with Crippen LogP contribution in [0.1, 0.15) is 32.1 Å². The smallest absolute Gasteiger partial charge is 0.0110 e. The lowest BCUT2D eigenvalue weighted by Gasteiger charge is -2.38. The normalized spacial score (nSPS) is 40.2. The van der Waals surface area contributed by atoms with Gasteiger partial charge in [0.15, 0.2) is 0 Å². The number of hydrogen-bond donors (Lipinski definition) is 0. The minimum absolute atomic E-state index is 0.919. The van der Waals surface area contributed by atoms with E-state index in [0.29, 0.717) is 0 Å². The summed E-state index contributed by atoms with van der Waals surface area (Å²) in [6.07, 6.45) is 16.7. The van der Waals surface area contributed by atoms with Crippen molar-refractivity contribution < 1.29 is 0 Å². The molecular weight excluding hydrogens is 256 g/mol. The first-order valence-electron chi connectivity index (χ1n) is 9.15. The Morgan fingerprint density at radius 1 is 0.857 bits per heavy atom. The molecule has 0 radical (unpaired) electrons. The van der Waals surface area contributed by atoms with Crippen molar-refractivity contribution in [3.8, 4) is 0 Å². The van der Waals surface area contributed by atoms with Crippen molar-refractivity contribution in [3.63, 3.8) is 0 Å². The van der Waals surface area contributed by atoms with Gasteiger partial charge in [0.2, 0.25) is 0 Å². The summed E-state index contributed by atoms with van der Waals surface area (Å²) in [5, 5.41) is 0. The van der Waals surface area contributed by atoms with E-state index in [-0.39, 0.29) is 0 Å². The van der Waals surface area contributed by atoms with Crippen LogP contribution in [0.4, 0.5) is 0 Å². The molecule has 1 saturated heterocycles. The third-order valence-corrected chi connectivity index (χ3v) is 6.27. The fourth-order valence-electron chi connectivity index (χ4n) is 4.98. The van der Waals surface area contributed by atoms with E-state index in [0.717, 1.165) is 23.7 Å². The molecule has 0 unspecified atom stereocenters. The highest BCUT2D eigenvalue weighted by Crippen LogP contribution is 2.43. The van der Waals surface area contributed by atoms with Crippen LogP contribution >= 0.6 is 0 Å². The van der Waals surface area contributed by atoms with E-state index < -0.39 is 0 Å². The maximum Gasteiger partial charge on any atom is 0.0110 e. The number of fused-ring (bicyclic) bond motifs is 2. The monoisotopic (exact) mass is 286 g/mol. The Hall–Kier alpha value is -0.600. The Labute approximate surface area is 129 Å². The molecule has 116 valence electrons. The van der Waals surface area contributed by atoms with Gasteiger partial charge in [0.1, 0.15) is 0 Å². The lowest BCUT2D eigenvalue weighted by atomic mass is 9.92. The van der Waals surface area contributed by atoms with Gasteiger partial charge < -0.3 is 9.80 Å². The van der Waals surface area contributed by atoms with E-state index in [4.69, 9.17) is 0 Å². The number of rotatable bonds is 4. The third-order valence-electron chi connectivity index (χ3n) is 6.27. The summed E-state index contributed by atoms with van der Waals surface area (Å²) in [5.41, 5.74) is 0. The molecule has 4 aliphatic rings. The molecule has 3 aliphatic carbocycles. The highest BCUT2D eigenvalue weighted by molar-refractivity contribution is 5.10. The average Bonchev–Trinajstić information content (AvgIpc) is 3.13. The predicted octanol–water partition coefficient (Wildman–Crippen LogP) is 3.17. The summed E-state index contributed by atoms with van der Waals surface area (Å²) >= 11 is 0. The van der Waals surface area contributed by atoms with E-state index >= 15 is 0 Å². The minimum atomic E-state index is 0.919. The Balaban J connectivity index is 1.20. The fraction of sp³-hybridized carbons (Fsp3) is 0.789. The zero-order valence-corrected chi connectivity index (χ0v) is 13.3. The van der Waals surface area contributed by atoms with Gasteiger partial charge in [-0.25, -0.2) is 0 Å². The number of nitrogens with zero attached hydrogens (tertiary/aromatic N) is 2. The van der Waals surface area contributed by atoms with E-state index in [1.54, 1.807) is 0 Å². The molecule has 2 nitrogen and oxygen atoms in total. The zero-order chi connectivity index (χ0) is 14.1. The Bertz CT molecular complexity index is 406. The summed E-state index contributed by atoms with van der Waals surface area (Å²) in [4.78, 5) is 5.47. The molecule has 0 spiro atoms. The minimum Gasteiger partial charge on any atom is -0.301 e. The fourth-order valence-corrected chi connectivity index (χ4v) is 4.98. The van der Waals surface area contributed by atoms with Crippen molar-refractivity contribution in [1.82, 2.24) is 9.80 Å². The number of allylic oxidation sites excluding steroid dienone is 4. The molecule has 1 aliphatic heterocycles. The van der Waals surface area contributed by atoms with Crippen LogP contribution in [0, 0.1) is 23.7 Å². The van der Waals surface area contributed by atoms with E-state index in [2.05, 4.69) is 34.1 Å². The largest absolute Gasteiger partial charge is 0.301 e. The SMILES string of the molecule is C1=CC[C@H](CN2CCN(C[C@@H]3C[C@H]4C=C[C@H]3C4)CC2)CC1. The quantitative estimate of drug-likeness (QED) is 0.732. The van der Waals surface area contributed by atoms with Crippen molar-refractivity contribution in [3.05, 3.63) is 24.3 Å². The van der Waals surface area contributed by atoms with Crippen LogP contribution in [-0.2, 0) is 0 Å². The van der Waals surface area contributed by atoms with Gasteiger partial charge in [0, 0.05) is 39.3 Å². The second-order valence-corrected chi connectivity index (χ2v) is 7.79. The highest BCUT2D eigenvalue weighted by Gasteiger charge is 2.36. The first kappa shape index (κ1) is 14.0. The predicted molar refractivity (Wildman–Crippen MR) is 88.2 cm³/mol. The molecule has 1 heterocycles. The van der Waals surface area contributed by atoms with Gasteiger partial charge in [-0.05, 0) is 55.8 Å². The topological polar surface area (TPSA) is 6.48 Å². The first-order chi connectivity index (χ1) is 10.4. The lowest BCUT2D eigenvalue weighted by Crippen LogP contribution is -2.49. The van der Waals surface area contributed by atoms with Gasteiger partial charge in [-0.15, -0.1) is 0 Å². The average molecular weight is 286 g/mol. The van der Waals surface area contributed by atoms with E-state index in [1.807, 2.05) is 0 Å². The maximum absolute atomic E-state index is 2.75. The van der Waals surface area contributed by atoms with Crippen LogP contribution < -0.4 is 0 Å². The zero-order valence-electron chi connectivity index (χ0n) is 13.3. The summed E-state index contributed by atoms with van der Waals surface area (Å²) in [7, 11) is 0. The van der Waals surface area contributed by atoms with Crippen molar-refractivity contribution in [1.29, 1.82) is 0 Å². The maximum atomic E-state index is 2.75. The van der Waals surface area contributed by atoms with Gasteiger partial charge in [-0.2, -0.15) is 0 Å². The van der Waals surface area contributed by atoms with Crippen molar-refractivity contribution in [2.45, 2.75) is 32.1 Å². The molecular formula is C19H30N2. The van der Waals surface area contributed by atoms with Gasteiger partial charge >= 0.3 is 0 Å². The summed E-state index contributed by atoms with van der Waals surface area (Å²) < 4.78 is 0. The number of piperazine rings is 1. The van der Waals surface area contributed by atoms with Crippen molar-refractivity contribution in [2.24, 2.45) is 23.7 Å². The molecule has 1 saturated carbocycles. The Kier molecular flexibility index (Phi) is 4.18. The molecule has 2 heteroatoms. The van der Waals surface area contributed by atoms with Crippen LogP contribution in [0.5, 0.6) is 0 Å². The molecule has 2 bridgehead atoms. The second kappa shape index (κ2) is 6.26. The molecule has 0 aromatic carbocycles. The summed E-state index contributed by atoms with van der Waals surface area (Å²) in [6, 6.07) is 0. The Morgan fingerprint density at radius 3 is 2.29 bits per heavy atom. The summed E-state index contributed by atoms with van der Waals surface area (Å²) in [6.45, 7) is 7.93. The van der Waals surface area contributed by atoms with Crippen LogP contribution in [0.25, 0.3) is 0 Å².